The van der Waals surface area contributed by atoms with Crippen LogP contribution in [-0.2, 0) is 4.79 Å². The van der Waals surface area contributed by atoms with E-state index >= 15 is 0 Å². The molecule has 1 amide bonds. The van der Waals surface area contributed by atoms with E-state index in [2.05, 4.69) is 12.2 Å². The molecular formula is C19H21ClN2O2. The zero-order valence-corrected chi connectivity index (χ0v) is 14.8. The summed E-state index contributed by atoms with van der Waals surface area (Å²) in [5.41, 5.74) is 2.98. The second-order valence-electron chi connectivity index (χ2n) is 6.10. The number of rotatable bonds is 3. The van der Waals surface area contributed by atoms with E-state index < -0.39 is 0 Å². The van der Waals surface area contributed by atoms with Gasteiger partial charge < -0.3 is 15.0 Å². The van der Waals surface area contributed by atoms with Crippen LogP contribution in [0.3, 0.4) is 0 Å². The summed E-state index contributed by atoms with van der Waals surface area (Å²) < 4.78 is 5.20. The van der Waals surface area contributed by atoms with Crippen molar-refractivity contribution in [3.63, 3.8) is 0 Å². The Morgan fingerprint density at radius 2 is 1.96 bits per heavy atom. The average molecular weight is 345 g/mol. The van der Waals surface area contributed by atoms with Crippen LogP contribution in [0.15, 0.2) is 42.5 Å². The Morgan fingerprint density at radius 1 is 1.25 bits per heavy atom. The van der Waals surface area contributed by atoms with Gasteiger partial charge in [-0.1, -0.05) is 11.6 Å². The van der Waals surface area contributed by atoms with Gasteiger partial charge in [0.05, 0.1) is 13.2 Å². The first-order valence-electron chi connectivity index (χ1n) is 7.99. The molecule has 3 rings (SSSR count). The number of hydrogen-bond acceptors (Lipinski definition) is 3. The third-order valence-electron chi connectivity index (χ3n) is 4.41. The summed E-state index contributed by atoms with van der Waals surface area (Å²) in [5.74, 6) is 0.873. The van der Waals surface area contributed by atoms with Gasteiger partial charge in [0.2, 0.25) is 5.91 Å². The molecular weight excluding hydrogens is 324 g/mol. The number of amides is 1. The van der Waals surface area contributed by atoms with Crippen LogP contribution in [0.1, 0.15) is 31.9 Å². The maximum absolute atomic E-state index is 12.1. The second kappa shape index (κ2) is 6.73. The minimum Gasteiger partial charge on any atom is -0.497 e. The van der Waals surface area contributed by atoms with Gasteiger partial charge in [-0.25, -0.2) is 0 Å². The minimum absolute atomic E-state index is 0.0500. The highest BCUT2D eigenvalue weighted by Gasteiger charge is 2.32. The molecule has 0 aliphatic carbocycles. The number of carbonyl (C=O) groups excluding carboxylic acids is 1. The Hall–Kier alpha value is -2.20. The highest BCUT2D eigenvalue weighted by molar-refractivity contribution is 6.30. The summed E-state index contributed by atoms with van der Waals surface area (Å²) in [4.78, 5) is 13.9. The maximum atomic E-state index is 12.1. The third-order valence-corrected chi connectivity index (χ3v) is 4.65. The number of ether oxygens (including phenoxy) is 1. The average Bonchev–Trinajstić information content (AvgIpc) is 2.55. The van der Waals surface area contributed by atoms with Gasteiger partial charge in [0.1, 0.15) is 5.75 Å². The number of nitrogens with zero attached hydrogens (tertiary/aromatic N) is 1. The van der Waals surface area contributed by atoms with Gasteiger partial charge in [-0.3, -0.25) is 4.79 Å². The lowest BCUT2D eigenvalue weighted by molar-refractivity contribution is -0.117. The number of anilines is 2. The number of hydrogen-bond donors (Lipinski definition) is 1. The van der Waals surface area contributed by atoms with Crippen molar-refractivity contribution in [3.05, 3.63) is 53.1 Å². The van der Waals surface area contributed by atoms with E-state index in [1.54, 1.807) is 14.0 Å². The normalized spacial score (nSPS) is 19.6. The Labute approximate surface area is 147 Å². The van der Waals surface area contributed by atoms with Gasteiger partial charge in [-0.05, 0) is 61.4 Å². The summed E-state index contributed by atoms with van der Waals surface area (Å²) >= 11 is 6.20. The topological polar surface area (TPSA) is 41.6 Å². The SMILES string of the molecule is COc1ccc(N[C@H]2C[C@@H](C)N(C(C)=O)c3ccc(Cl)cc32)cc1. The van der Waals surface area contributed by atoms with E-state index in [0.29, 0.717) is 5.02 Å². The van der Waals surface area contributed by atoms with Crippen LogP contribution in [0, 0.1) is 0 Å². The zero-order chi connectivity index (χ0) is 17.3. The van der Waals surface area contributed by atoms with E-state index in [9.17, 15) is 4.79 Å². The molecule has 2 atom stereocenters. The van der Waals surface area contributed by atoms with Crippen molar-refractivity contribution in [3.8, 4) is 5.75 Å². The molecule has 0 spiro atoms. The molecule has 0 radical (unpaired) electrons. The smallest absolute Gasteiger partial charge is 0.224 e. The Kier molecular flexibility index (Phi) is 4.67. The first-order chi connectivity index (χ1) is 11.5. The molecule has 4 nitrogen and oxygen atoms in total. The first kappa shape index (κ1) is 16.7. The fourth-order valence-corrected chi connectivity index (χ4v) is 3.52. The molecule has 1 N–H and O–H groups in total. The van der Waals surface area contributed by atoms with Gasteiger partial charge in [0, 0.05) is 29.4 Å². The number of carbonyl (C=O) groups is 1. The van der Waals surface area contributed by atoms with Crippen molar-refractivity contribution >= 4 is 28.9 Å². The van der Waals surface area contributed by atoms with E-state index in [1.807, 2.05) is 47.4 Å². The summed E-state index contributed by atoms with van der Waals surface area (Å²) in [5, 5.41) is 4.23. The van der Waals surface area contributed by atoms with Crippen LogP contribution < -0.4 is 15.0 Å². The van der Waals surface area contributed by atoms with E-state index in [0.717, 1.165) is 29.1 Å². The molecule has 0 aromatic heterocycles. The molecule has 24 heavy (non-hydrogen) atoms. The van der Waals surface area contributed by atoms with Gasteiger partial charge in [0.25, 0.3) is 0 Å². The first-order valence-corrected chi connectivity index (χ1v) is 8.37. The van der Waals surface area contributed by atoms with Crippen molar-refractivity contribution in [1.29, 1.82) is 0 Å². The van der Waals surface area contributed by atoms with Crippen molar-refractivity contribution < 1.29 is 9.53 Å². The number of nitrogens with one attached hydrogen (secondary N) is 1. The Balaban J connectivity index is 1.94. The summed E-state index contributed by atoms with van der Waals surface area (Å²) in [7, 11) is 1.65. The van der Waals surface area contributed by atoms with Crippen LogP contribution in [-0.4, -0.2) is 19.1 Å². The van der Waals surface area contributed by atoms with Crippen molar-refractivity contribution in [2.24, 2.45) is 0 Å². The van der Waals surface area contributed by atoms with Crippen molar-refractivity contribution in [1.82, 2.24) is 0 Å². The molecule has 126 valence electrons. The Morgan fingerprint density at radius 3 is 2.58 bits per heavy atom. The van der Waals surface area contributed by atoms with Gasteiger partial charge in [0.15, 0.2) is 0 Å². The predicted molar refractivity (Wildman–Crippen MR) is 98.0 cm³/mol. The van der Waals surface area contributed by atoms with Crippen molar-refractivity contribution in [2.75, 3.05) is 17.3 Å². The molecule has 0 saturated carbocycles. The zero-order valence-electron chi connectivity index (χ0n) is 14.0. The highest BCUT2D eigenvalue weighted by atomic mass is 35.5. The molecule has 1 aliphatic rings. The van der Waals surface area contributed by atoms with E-state index in [4.69, 9.17) is 16.3 Å². The van der Waals surface area contributed by atoms with Crippen LogP contribution in [0.2, 0.25) is 5.02 Å². The molecule has 0 saturated heterocycles. The lowest BCUT2D eigenvalue weighted by Gasteiger charge is -2.39. The van der Waals surface area contributed by atoms with Gasteiger partial charge in [-0.2, -0.15) is 0 Å². The largest absolute Gasteiger partial charge is 0.497 e. The van der Waals surface area contributed by atoms with Crippen LogP contribution >= 0.6 is 11.6 Å². The highest BCUT2D eigenvalue weighted by Crippen LogP contribution is 2.40. The fourth-order valence-electron chi connectivity index (χ4n) is 3.34. The second-order valence-corrected chi connectivity index (χ2v) is 6.54. The number of halogens is 1. The van der Waals surface area contributed by atoms with Crippen LogP contribution in [0.4, 0.5) is 11.4 Å². The third kappa shape index (κ3) is 3.20. The molecule has 0 fully saturated rings. The van der Waals surface area contributed by atoms with Gasteiger partial charge in [-0.15, -0.1) is 0 Å². The van der Waals surface area contributed by atoms with Crippen LogP contribution in [0.25, 0.3) is 0 Å². The van der Waals surface area contributed by atoms with E-state index in [1.165, 1.54) is 0 Å². The molecule has 1 heterocycles. The lowest BCUT2D eigenvalue weighted by atomic mass is 9.91. The monoisotopic (exact) mass is 344 g/mol. The standard InChI is InChI=1S/C19H21ClN2O2/c1-12-10-18(21-15-5-7-16(24-3)8-6-15)17-11-14(20)4-9-19(17)22(12)13(2)23/h4-9,11-12,18,21H,10H2,1-3H3/t12-,18+/m1/s1. The molecule has 2 aromatic carbocycles. The molecule has 2 aromatic rings. The quantitative estimate of drug-likeness (QED) is 0.881. The molecule has 0 unspecified atom stereocenters. The fraction of sp³-hybridized carbons (Fsp3) is 0.316. The molecule has 5 heteroatoms. The summed E-state index contributed by atoms with van der Waals surface area (Å²) in [6.07, 6.45) is 0.818. The van der Waals surface area contributed by atoms with Crippen LogP contribution in [0.5, 0.6) is 5.75 Å². The molecule has 1 aliphatic heterocycles. The summed E-state index contributed by atoms with van der Waals surface area (Å²) in [6, 6.07) is 13.8. The lowest BCUT2D eigenvalue weighted by Crippen LogP contribution is -2.43. The Bertz CT molecular complexity index is 746. The van der Waals surface area contributed by atoms with Crippen molar-refractivity contribution in [2.45, 2.75) is 32.4 Å². The predicted octanol–water partition coefficient (Wildman–Crippen LogP) is 4.65. The van der Waals surface area contributed by atoms with E-state index in [-0.39, 0.29) is 18.0 Å². The maximum Gasteiger partial charge on any atom is 0.224 e. The van der Waals surface area contributed by atoms with Gasteiger partial charge >= 0.3 is 0 Å². The molecule has 0 bridgehead atoms. The number of fused-ring (bicyclic) bond motifs is 1. The minimum atomic E-state index is 0.0500. The number of benzene rings is 2. The number of methoxy groups -OCH3 is 1. The summed E-state index contributed by atoms with van der Waals surface area (Å²) in [6.45, 7) is 3.67.